The highest BCUT2D eigenvalue weighted by atomic mass is 16.5. The van der Waals surface area contributed by atoms with Crippen LogP contribution in [0.5, 0.6) is 5.75 Å². The normalized spacial score (nSPS) is 11.6. The van der Waals surface area contributed by atoms with Gasteiger partial charge in [0.1, 0.15) is 11.3 Å². The summed E-state index contributed by atoms with van der Waals surface area (Å²) in [5.41, 5.74) is 2.67. The molecule has 0 aliphatic rings. The smallest absolute Gasteiger partial charge is 0.342 e. The number of carbonyl (C=O) groups excluding carboxylic acids is 2. The first-order valence-corrected chi connectivity index (χ1v) is 7.81. The van der Waals surface area contributed by atoms with Crippen LogP contribution in [0.3, 0.4) is 0 Å². The van der Waals surface area contributed by atoms with Crippen molar-refractivity contribution >= 4 is 17.6 Å². The Morgan fingerprint density at radius 2 is 1.83 bits per heavy atom. The van der Waals surface area contributed by atoms with Crippen LogP contribution in [0, 0.1) is 6.92 Å². The minimum atomic E-state index is -0.982. The molecule has 0 spiro atoms. The van der Waals surface area contributed by atoms with Crippen molar-refractivity contribution in [2.45, 2.75) is 33.3 Å². The second-order valence-electron chi connectivity index (χ2n) is 5.61. The molecule has 2 aromatic rings. The Morgan fingerprint density at radius 3 is 2.42 bits per heavy atom. The minimum absolute atomic E-state index is 0.0348. The molecule has 0 fully saturated rings. The molecule has 2 rings (SSSR count). The summed E-state index contributed by atoms with van der Waals surface area (Å²) in [5.74, 6) is -1.33. The van der Waals surface area contributed by atoms with Gasteiger partial charge in [-0.1, -0.05) is 25.1 Å². The summed E-state index contributed by atoms with van der Waals surface area (Å²) in [7, 11) is 0. The molecule has 0 heterocycles. The zero-order valence-electron chi connectivity index (χ0n) is 14.0. The zero-order valence-corrected chi connectivity index (χ0v) is 14.0. The number of hydrogen-bond acceptors (Lipinski definition) is 4. The highest BCUT2D eigenvalue weighted by Crippen LogP contribution is 2.20. The maximum Gasteiger partial charge on any atom is 0.342 e. The number of rotatable bonds is 5. The maximum atomic E-state index is 12.1. The Balaban J connectivity index is 1.98. The van der Waals surface area contributed by atoms with Gasteiger partial charge in [-0.2, -0.15) is 0 Å². The van der Waals surface area contributed by atoms with Crippen molar-refractivity contribution in [1.82, 2.24) is 0 Å². The fourth-order valence-electron chi connectivity index (χ4n) is 2.16. The van der Waals surface area contributed by atoms with E-state index < -0.39 is 18.0 Å². The van der Waals surface area contributed by atoms with Gasteiger partial charge in [-0.15, -0.1) is 0 Å². The molecule has 1 amide bonds. The molecule has 126 valence electrons. The molecular formula is C19H21NO4. The minimum Gasteiger partial charge on any atom is -0.507 e. The van der Waals surface area contributed by atoms with E-state index >= 15 is 0 Å². The van der Waals surface area contributed by atoms with Gasteiger partial charge in [0.25, 0.3) is 5.91 Å². The van der Waals surface area contributed by atoms with E-state index in [0.717, 1.165) is 12.0 Å². The van der Waals surface area contributed by atoms with Crippen LogP contribution in [0.4, 0.5) is 5.69 Å². The van der Waals surface area contributed by atoms with Crippen LogP contribution >= 0.6 is 0 Å². The number of ether oxygens (including phenoxy) is 1. The number of phenolic OH excluding ortho intramolecular Hbond substituents is 1. The van der Waals surface area contributed by atoms with Crippen LogP contribution in [-0.4, -0.2) is 23.1 Å². The van der Waals surface area contributed by atoms with E-state index in [1.165, 1.54) is 24.6 Å². The molecule has 2 N–H and O–H groups in total. The second kappa shape index (κ2) is 7.64. The predicted octanol–water partition coefficient (Wildman–Crippen LogP) is 3.45. The molecule has 0 saturated carbocycles. The fourth-order valence-corrected chi connectivity index (χ4v) is 2.16. The van der Waals surface area contributed by atoms with E-state index in [1.807, 2.05) is 12.1 Å². The van der Waals surface area contributed by atoms with Gasteiger partial charge in [0.15, 0.2) is 6.10 Å². The summed E-state index contributed by atoms with van der Waals surface area (Å²) >= 11 is 0. The van der Waals surface area contributed by atoms with E-state index in [1.54, 1.807) is 25.1 Å². The maximum absolute atomic E-state index is 12.1. The van der Waals surface area contributed by atoms with E-state index in [9.17, 15) is 14.7 Å². The Morgan fingerprint density at radius 1 is 1.17 bits per heavy atom. The van der Waals surface area contributed by atoms with E-state index in [0.29, 0.717) is 5.69 Å². The number of amides is 1. The summed E-state index contributed by atoms with van der Waals surface area (Å²) < 4.78 is 5.13. The molecule has 2 aromatic carbocycles. The van der Waals surface area contributed by atoms with Gasteiger partial charge < -0.3 is 15.2 Å². The topological polar surface area (TPSA) is 75.6 Å². The van der Waals surface area contributed by atoms with Crippen LogP contribution < -0.4 is 5.32 Å². The van der Waals surface area contributed by atoms with Crippen molar-refractivity contribution in [3.05, 3.63) is 59.2 Å². The number of benzene rings is 2. The lowest BCUT2D eigenvalue weighted by Gasteiger charge is -2.14. The van der Waals surface area contributed by atoms with Crippen molar-refractivity contribution in [1.29, 1.82) is 0 Å². The lowest BCUT2D eigenvalue weighted by atomic mass is 10.1. The van der Waals surface area contributed by atoms with Gasteiger partial charge in [0.05, 0.1) is 0 Å². The molecule has 0 bridgehead atoms. The zero-order chi connectivity index (χ0) is 17.7. The largest absolute Gasteiger partial charge is 0.507 e. The van der Waals surface area contributed by atoms with Gasteiger partial charge in [0.2, 0.25) is 0 Å². The highest BCUT2D eigenvalue weighted by Gasteiger charge is 2.21. The molecule has 0 aliphatic carbocycles. The number of nitrogens with one attached hydrogen (secondary N) is 1. The first kappa shape index (κ1) is 17.5. The number of hydrogen-bond donors (Lipinski definition) is 2. The average molecular weight is 327 g/mol. The van der Waals surface area contributed by atoms with Gasteiger partial charge >= 0.3 is 5.97 Å². The molecule has 5 nitrogen and oxygen atoms in total. The molecule has 1 atom stereocenters. The van der Waals surface area contributed by atoms with Crippen molar-refractivity contribution < 1.29 is 19.4 Å². The molecule has 0 unspecified atom stereocenters. The van der Waals surface area contributed by atoms with Crippen LogP contribution in [0.2, 0.25) is 0 Å². The Hall–Kier alpha value is -2.82. The first-order valence-electron chi connectivity index (χ1n) is 7.81. The van der Waals surface area contributed by atoms with Crippen molar-refractivity contribution in [2.24, 2.45) is 0 Å². The number of aryl methyl sites for hydroxylation is 2. The molecule has 0 saturated heterocycles. The number of aromatic hydroxyl groups is 1. The lowest BCUT2D eigenvalue weighted by molar-refractivity contribution is -0.123. The third kappa shape index (κ3) is 4.35. The molecule has 24 heavy (non-hydrogen) atoms. The SMILES string of the molecule is CCc1ccc(NC(=O)[C@H](C)OC(=O)c2ccc(C)cc2O)cc1. The third-order valence-corrected chi connectivity index (χ3v) is 3.66. The van der Waals surface area contributed by atoms with Crippen LogP contribution in [-0.2, 0) is 16.0 Å². The number of carbonyl (C=O) groups is 2. The van der Waals surface area contributed by atoms with Crippen LogP contribution in [0.25, 0.3) is 0 Å². The molecule has 0 radical (unpaired) electrons. The molecular weight excluding hydrogens is 306 g/mol. The van der Waals surface area contributed by atoms with Crippen molar-refractivity contribution in [3.63, 3.8) is 0 Å². The van der Waals surface area contributed by atoms with Gasteiger partial charge in [-0.25, -0.2) is 4.79 Å². The summed E-state index contributed by atoms with van der Waals surface area (Å²) in [6, 6.07) is 12.1. The van der Waals surface area contributed by atoms with Gasteiger partial charge in [-0.05, 0) is 55.7 Å². The summed E-state index contributed by atoms with van der Waals surface area (Å²) in [5, 5.41) is 12.5. The average Bonchev–Trinajstić information content (AvgIpc) is 2.55. The summed E-state index contributed by atoms with van der Waals surface area (Å²) in [6.07, 6.45) is -0.0634. The number of esters is 1. The monoisotopic (exact) mass is 327 g/mol. The van der Waals surface area contributed by atoms with E-state index in [4.69, 9.17) is 4.74 Å². The Kier molecular flexibility index (Phi) is 5.58. The standard InChI is InChI=1S/C19H21NO4/c1-4-14-6-8-15(9-7-14)20-18(22)13(3)24-19(23)16-10-5-12(2)11-17(16)21/h5-11,13,21H,4H2,1-3H3,(H,20,22)/t13-/m0/s1. The number of anilines is 1. The fraction of sp³-hybridized carbons (Fsp3) is 0.263. The molecule has 5 heteroatoms. The van der Waals surface area contributed by atoms with Crippen LogP contribution in [0.15, 0.2) is 42.5 Å². The molecule has 0 aromatic heterocycles. The Labute approximate surface area is 141 Å². The van der Waals surface area contributed by atoms with E-state index in [2.05, 4.69) is 12.2 Å². The third-order valence-electron chi connectivity index (χ3n) is 3.66. The van der Waals surface area contributed by atoms with Gasteiger partial charge in [0, 0.05) is 5.69 Å². The van der Waals surface area contributed by atoms with E-state index in [-0.39, 0.29) is 11.3 Å². The predicted molar refractivity (Wildman–Crippen MR) is 92.2 cm³/mol. The lowest BCUT2D eigenvalue weighted by Crippen LogP contribution is -2.30. The summed E-state index contributed by atoms with van der Waals surface area (Å²) in [6.45, 7) is 5.34. The van der Waals surface area contributed by atoms with Gasteiger partial charge in [-0.3, -0.25) is 4.79 Å². The summed E-state index contributed by atoms with van der Waals surface area (Å²) in [4.78, 5) is 24.2. The number of phenols is 1. The quantitative estimate of drug-likeness (QED) is 0.825. The van der Waals surface area contributed by atoms with Crippen LogP contribution in [0.1, 0.15) is 35.3 Å². The first-order chi connectivity index (χ1) is 11.4. The Bertz CT molecular complexity index is 738. The highest BCUT2D eigenvalue weighted by molar-refractivity contribution is 5.98. The molecule has 0 aliphatic heterocycles. The van der Waals surface area contributed by atoms with Crippen molar-refractivity contribution in [3.8, 4) is 5.75 Å². The second-order valence-corrected chi connectivity index (χ2v) is 5.61. The van der Waals surface area contributed by atoms with Crippen molar-refractivity contribution in [2.75, 3.05) is 5.32 Å².